The first kappa shape index (κ1) is 23.9. The summed E-state index contributed by atoms with van der Waals surface area (Å²) in [5.74, 6) is 0. The van der Waals surface area contributed by atoms with E-state index >= 15 is 0 Å². The predicted molar refractivity (Wildman–Crippen MR) is 154 cm³/mol. The summed E-state index contributed by atoms with van der Waals surface area (Å²) in [6.45, 7) is 12.9. The molecule has 0 aromatic heterocycles. The standard InChI is InChI=1S/C33H35N3/c1-5-35(6-2)27-18-13-24(14-19-27)33(25-15-20-28(21-16-25)36(7-3)8-4)26-17-22-32-30(23-26)29-11-9-10-12-31(29)34-32/h9-23H,5-8H2,1-4H3. The summed E-state index contributed by atoms with van der Waals surface area (Å²) in [5, 5.41) is 2.26. The van der Waals surface area contributed by atoms with Gasteiger partial charge in [0, 0.05) is 48.7 Å². The summed E-state index contributed by atoms with van der Waals surface area (Å²) in [5.41, 5.74) is 9.71. The maximum Gasteiger partial charge on any atom is 0.0716 e. The van der Waals surface area contributed by atoms with E-state index in [1.807, 2.05) is 0 Å². The van der Waals surface area contributed by atoms with Gasteiger partial charge < -0.3 is 9.80 Å². The molecule has 0 saturated heterocycles. The summed E-state index contributed by atoms with van der Waals surface area (Å²) >= 11 is 0. The molecule has 0 N–H and O–H groups in total. The lowest BCUT2D eigenvalue weighted by Crippen LogP contribution is -2.22. The Bertz CT molecular complexity index is 1400. The minimum absolute atomic E-state index is 1.01. The van der Waals surface area contributed by atoms with Crippen LogP contribution in [0.5, 0.6) is 0 Å². The molecule has 0 radical (unpaired) electrons. The minimum atomic E-state index is 1.01. The van der Waals surface area contributed by atoms with E-state index in [-0.39, 0.29) is 0 Å². The van der Waals surface area contributed by atoms with Crippen molar-refractivity contribution in [2.24, 2.45) is 4.99 Å². The van der Waals surface area contributed by atoms with E-state index in [1.165, 1.54) is 44.4 Å². The van der Waals surface area contributed by atoms with Crippen molar-refractivity contribution < 1.29 is 0 Å². The van der Waals surface area contributed by atoms with Crippen molar-refractivity contribution in [1.29, 1.82) is 0 Å². The first-order chi connectivity index (χ1) is 17.7. The summed E-state index contributed by atoms with van der Waals surface area (Å²) in [7, 11) is 0. The smallest absolute Gasteiger partial charge is 0.0716 e. The average molecular weight is 474 g/mol. The van der Waals surface area contributed by atoms with Crippen LogP contribution in [0.2, 0.25) is 0 Å². The summed E-state index contributed by atoms with van der Waals surface area (Å²) in [6, 6.07) is 33.2. The van der Waals surface area contributed by atoms with E-state index in [2.05, 4.69) is 128 Å². The maximum absolute atomic E-state index is 4.84. The highest BCUT2D eigenvalue weighted by atomic mass is 15.1. The van der Waals surface area contributed by atoms with E-state index in [0.717, 1.165) is 37.2 Å². The molecule has 0 saturated carbocycles. The molecule has 4 aromatic rings. The fraction of sp³-hybridized carbons (Fsp3) is 0.242. The summed E-state index contributed by atoms with van der Waals surface area (Å²) in [6.07, 6.45) is 0. The summed E-state index contributed by atoms with van der Waals surface area (Å²) < 4.78 is 0. The van der Waals surface area contributed by atoms with Crippen molar-refractivity contribution >= 4 is 22.6 Å². The molecule has 0 aliphatic carbocycles. The van der Waals surface area contributed by atoms with Gasteiger partial charge in [-0.2, -0.15) is 0 Å². The van der Waals surface area contributed by atoms with Crippen LogP contribution >= 0.6 is 0 Å². The van der Waals surface area contributed by atoms with E-state index < -0.39 is 0 Å². The van der Waals surface area contributed by atoms with Crippen molar-refractivity contribution in [2.75, 3.05) is 36.0 Å². The normalized spacial score (nSPS) is 11.4. The lowest BCUT2D eigenvalue weighted by Gasteiger charge is -2.22. The zero-order valence-corrected chi connectivity index (χ0v) is 21.8. The van der Waals surface area contributed by atoms with Gasteiger partial charge in [0.1, 0.15) is 0 Å². The Labute approximate surface area is 215 Å². The summed E-state index contributed by atoms with van der Waals surface area (Å²) in [4.78, 5) is 9.61. The third-order valence-electron chi connectivity index (χ3n) is 7.29. The largest absolute Gasteiger partial charge is 0.372 e. The average Bonchev–Trinajstić information content (AvgIpc) is 3.30. The lowest BCUT2D eigenvalue weighted by atomic mass is 9.93. The third-order valence-corrected chi connectivity index (χ3v) is 7.29. The molecule has 0 amide bonds. The van der Waals surface area contributed by atoms with Crippen LogP contribution in [0, 0.1) is 0 Å². The Balaban J connectivity index is 1.68. The fourth-order valence-corrected chi connectivity index (χ4v) is 5.29. The molecule has 1 aliphatic rings. The van der Waals surface area contributed by atoms with Gasteiger partial charge in [-0.1, -0.05) is 48.5 Å². The van der Waals surface area contributed by atoms with Crippen molar-refractivity contribution in [3.05, 3.63) is 113 Å². The molecule has 3 heteroatoms. The quantitative estimate of drug-likeness (QED) is 0.254. The molecule has 182 valence electrons. The molecule has 0 fully saturated rings. The van der Waals surface area contributed by atoms with Crippen LogP contribution < -0.4 is 20.4 Å². The zero-order chi connectivity index (χ0) is 25.1. The van der Waals surface area contributed by atoms with Crippen LogP contribution in [0.3, 0.4) is 0 Å². The zero-order valence-electron chi connectivity index (χ0n) is 21.8. The van der Waals surface area contributed by atoms with Crippen molar-refractivity contribution in [1.82, 2.24) is 0 Å². The molecule has 0 bridgehead atoms. The highest BCUT2D eigenvalue weighted by molar-refractivity contribution is 5.84. The van der Waals surface area contributed by atoms with Gasteiger partial charge in [0.05, 0.1) is 11.0 Å². The van der Waals surface area contributed by atoms with Crippen LogP contribution in [-0.4, -0.2) is 26.2 Å². The Morgan fingerprint density at radius 3 is 1.64 bits per heavy atom. The Kier molecular flexibility index (Phi) is 6.90. The van der Waals surface area contributed by atoms with E-state index in [1.54, 1.807) is 0 Å². The number of rotatable bonds is 8. The minimum Gasteiger partial charge on any atom is -0.372 e. The highest BCUT2D eigenvalue weighted by Gasteiger charge is 2.15. The molecular weight excluding hydrogens is 438 g/mol. The lowest BCUT2D eigenvalue weighted by molar-refractivity contribution is 0.866. The van der Waals surface area contributed by atoms with Crippen molar-refractivity contribution in [2.45, 2.75) is 27.7 Å². The second kappa shape index (κ2) is 10.4. The van der Waals surface area contributed by atoms with Gasteiger partial charge in [0.15, 0.2) is 0 Å². The van der Waals surface area contributed by atoms with Crippen molar-refractivity contribution in [3.8, 4) is 11.1 Å². The van der Waals surface area contributed by atoms with Gasteiger partial charge >= 0.3 is 0 Å². The number of anilines is 2. The molecule has 0 spiro atoms. The van der Waals surface area contributed by atoms with Gasteiger partial charge in [0.25, 0.3) is 0 Å². The highest BCUT2D eigenvalue weighted by Crippen LogP contribution is 2.32. The van der Waals surface area contributed by atoms with Gasteiger partial charge in [-0.05, 0) is 92.1 Å². The van der Waals surface area contributed by atoms with Gasteiger partial charge in [-0.3, -0.25) is 0 Å². The SMILES string of the molecule is CCN(CC)c1ccc(C(c2ccc(N(CC)CC)cc2)=c2ccc3c(c2)-c2ccccc2N=3)cc1. The first-order valence-electron chi connectivity index (χ1n) is 13.2. The topological polar surface area (TPSA) is 18.8 Å². The molecule has 4 aromatic carbocycles. The second-order valence-electron chi connectivity index (χ2n) is 9.17. The Morgan fingerprint density at radius 2 is 1.11 bits per heavy atom. The number of hydrogen-bond acceptors (Lipinski definition) is 3. The third kappa shape index (κ3) is 4.42. The van der Waals surface area contributed by atoms with Crippen LogP contribution in [0.15, 0.2) is 96.0 Å². The van der Waals surface area contributed by atoms with Crippen molar-refractivity contribution in [3.63, 3.8) is 0 Å². The van der Waals surface area contributed by atoms with Crippen LogP contribution in [-0.2, 0) is 0 Å². The molecule has 36 heavy (non-hydrogen) atoms. The maximum atomic E-state index is 4.84. The van der Waals surface area contributed by atoms with Crippen LogP contribution in [0.25, 0.3) is 16.7 Å². The second-order valence-corrected chi connectivity index (χ2v) is 9.17. The number of para-hydroxylation sites is 1. The van der Waals surface area contributed by atoms with Gasteiger partial charge in [0.2, 0.25) is 0 Å². The predicted octanol–water partition coefficient (Wildman–Crippen LogP) is 6.56. The molecular formula is C33H35N3. The molecule has 1 aliphatic heterocycles. The number of nitrogens with zero attached hydrogens (tertiary/aromatic N) is 3. The molecule has 5 rings (SSSR count). The Hall–Kier alpha value is -3.85. The number of benzene rings is 4. The van der Waals surface area contributed by atoms with E-state index in [9.17, 15) is 0 Å². The molecule has 0 unspecified atom stereocenters. The monoisotopic (exact) mass is 473 g/mol. The van der Waals surface area contributed by atoms with Crippen LogP contribution in [0.1, 0.15) is 38.8 Å². The molecule has 1 heterocycles. The Morgan fingerprint density at radius 1 is 0.583 bits per heavy atom. The first-order valence-corrected chi connectivity index (χ1v) is 13.2. The fourth-order valence-electron chi connectivity index (χ4n) is 5.29. The number of fused-ring (bicyclic) bond motifs is 3. The van der Waals surface area contributed by atoms with Gasteiger partial charge in [-0.25, -0.2) is 4.99 Å². The number of hydrogen-bond donors (Lipinski definition) is 0. The van der Waals surface area contributed by atoms with E-state index in [0.29, 0.717) is 0 Å². The van der Waals surface area contributed by atoms with Crippen LogP contribution in [0.4, 0.5) is 17.1 Å². The molecule has 3 nitrogen and oxygen atoms in total. The van der Waals surface area contributed by atoms with E-state index in [4.69, 9.17) is 4.99 Å². The van der Waals surface area contributed by atoms with Gasteiger partial charge in [-0.15, -0.1) is 0 Å². The molecule has 0 atom stereocenters.